The number of likely N-dealkylation sites (N-methyl/N-ethyl adjacent to an activating group) is 1. The Labute approximate surface area is 115 Å². The molecule has 2 unspecified atom stereocenters. The molecule has 0 bridgehead atoms. The second-order valence-electron chi connectivity index (χ2n) is 4.83. The summed E-state index contributed by atoms with van der Waals surface area (Å²) in [6.07, 6.45) is 3.20. The average Bonchev–Trinajstić information content (AvgIpc) is 2.38. The second kappa shape index (κ2) is 6.13. The van der Waals surface area contributed by atoms with E-state index in [4.69, 9.17) is 4.74 Å². The Balaban J connectivity index is 2.30. The van der Waals surface area contributed by atoms with Gasteiger partial charge in [-0.1, -0.05) is 6.42 Å². The largest absolute Gasteiger partial charge is 0.482 e. The van der Waals surface area contributed by atoms with E-state index < -0.39 is 22.2 Å². The molecule has 110 valence electrons. The number of nitro benzene ring substituents is 1. The SMILES string of the molecule is CNC1CCCCC1Oc1cc(F)cc(F)c1[N+](=O)[O-]. The van der Waals surface area contributed by atoms with E-state index in [1.807, 2.05) is 0 Å². The smallest absolute Gasteiger partial charge is 0.346 e. The van der Waals surface area contributed by atoms with Gasteiger partial charge in [0.25, 0.3) is 0 Å². The number of nitrogens with zero attached hydrogens (tertiary/aromatic N) is 1. The van der Waals surface area contributed by atoms with Gasteiger partial charge in [0, 0.05) is 18.2 Å². The van der Waals surface area contributed by atoms with E-state index in [0.29, 0.717) is 12.5 Å². The van der Waals surface area contributed by atoms with Crippen LogP contribution >= 0.6 is 0 Å². The first-order valence-electron chi connectivity index (χ1n) is 6.50. The van der Waals surface area contributed by atoms with E-state index in [9.17, 15) is 18.9 Å². The van der Waals surface area contributed by atoms with Gasteiger partial charge in [-0.2, -0.15) is 4.39 Å². The van der Waals surface area contributed by atoms with Gasteiger partial charge >= 0.3 is 5.69 Å². The summed E-state index contributed by atoms with van der Waals surface area (Å²) in [7, 11) is 1.77. The third-order valence-electron chi connectivity index (χ3n) is 3.53. The fourth-order valence-corrected chi connectivity index (χ4v) is 2.54. The van der Waals surface area contributed by atoms with Crippen LogP contribution in [0.1, 0.15) is 25.7 Å². The van der Waals surface area contributed by atoms with Crippen molar-refractivity contribution in [3.63, 3.8) is 0 Å². The standard InChI is InChI=1S/C13H16F2N2O3/c1-16-10-4-2-3-5-11(10)20-12-7-8(14)6-9(15)13(12)17(18)19/h6-7,10-11,16H,2-5H2,1H3. The van der Waals surface area contributed by atoms with E-state index in [1.165, 1.54) is 0 Å². The molecule has 1 aromatic carbocycles. The van der Waals surface area contributed by atoms with Crippen molar-refractivity contribution in [2.75, 3.05) is 7.05 Å². The molecule has 0 heterocycles. The van der Waals surface area contributed by atoms with Crippen LogP contribution in [0.2, 0.25) is 0 Å². The summed E-state index contributed by atoms with van der Waals surface area (Å²) in [5, 5.41) is 14.0. The Morgan fingerprint density at radius 3 is 2.70 bits per heavy atom. The second-order valence-corrected chi connectivity index (χ2v) is 4.83. The highest BCUT2D eigenvalue weighted by atomic mass is 19.1. The molecule has 2 rings (SSSR count). The zero-order valence-corrected chi connectivity index (χ0v) is 11.1. The van der Waals surface area contributed by atoms with E-state index >= 15 is 0 Å². The van der Waals surface area contributed by atoms with Gasteiger partial charge in [-0.05, 0) is 26.3 Å². The molecule has 0 spiro atoms. The Hall–Kier alpha value is -1.76. The maximum Gasteiger partial charge on any atom is 0.346 e. The molecule has 2 atom stereocenters. The van der Waals surface area contributed by atoms with Crippen molar-refractivity contribution < 1.29 is 18.4 Å². The molecule has 1 aliphatic rings. The van der Waals surface area contributed by atoms with Crippen LogP contribution in [0.25, 0.3) is 0 Å². The summed E-state index contributed by atoms with van der Waals surface area (Å²) < 4.78 is 32.3. The van der Waals surface area contributed by atoms with Crippen molar-refractivity contribution in [3.05, 3.63) is 33.9 Å². The average molecular weight is 286 g/mol. The third-order valence-corrected chi connectivity index (χ3v) is 3.53. The molecule has 1 saturated carbocycles. The van der Waals surface area contributed by atoms with E-state index in [-0.39, 0.29) is 17.9 Å². The molecule has 1 N–H and O–H groups in total. The topological polar surface area (TPSA) is 64.4 Å². The normalized spacial score (nSPS) is 22.6. The summed E-state index contributed by atoms with van der Waals surface area (Å²) in [5.41, 5.74) is -0.813. The maximum atomic E-state index is 13.5. The number of ether oxygens (including phenoxy) is 1. The lowest BCUT2D eigenvalue weighted by atomic mass is 9.92. The summed E-state index contributed by atoms with van der Waals surface area (Å²) in [6, 6.07) is 1.37. The predicted molar refractivity (Wildman–Crippen MR) is 68.7 cm³/mol. The number of rotatable bonds is 4. The predicted octanol–water partition coefficient (Wildman–Crippen LogP) is 2.78. The van der Waals surface area contributed by atoms with Gasteiger partial charge in [-0.15, -0.1) is 0 Å². The number of nitrogens with one attached hydrogen (secondary N) is 1. The molecule has 0 aromatic heterocycles. The third kappa shape index (κ3) is 3.04. The Morgan fingerprint density at radius 2 is 2.05 bits per heavy atom. The molecule has 1 fully saturated rings. The van der Waals surface area contributed by atoms with Gasteiger partial charge in [0.05, 0.1) is 4.92 Å². The summed E-state index contributed by atoms with van der Waals surface area (Å²) in [5.74, 6) is -2.46. The van der Waals surface area contributed by atoms with E-state index in [0.717, 1.165) is 25.3 Å². The van der Waals surface area contributed by atoms with Gasteiger partial charge in [0.2, 0.25) is 11.6 Å². The minimum Gasteiger partial charge on any atom is -0.482 e. The molecular weight excluding hydrogens is 270 g/mol. The van der Waals surface area contributed by atoms with Gasteiger partial charge in [0.1, 0.15) is 11.9 Å². The van der Waals surface area contributed by atoms with Crippen molar-refractivity contribution in [2.24, 2.45) is 0 Å². The monoisotopic (exact) mass is 286 g/mol. The Bertz CT molecular complexity index is 511. The first-order chi connectivity index (χ1) is 9.52. The molecule has 0 aliphatic heterocycles. The van der Waals surface area contributed by atoms with Crippen LogP contribution in [0.15, 0.2) is 12.1 Å². The van der Waals surface area contributed by atoms with Crippen molar-refractivity contribution in [1.29, 1.82) is 0 Å². The number of hydrogen-bond acceptors (Lipinski definition) is 4. The van der Waals surface area contributed by atoms with Crippen LogP contribution in [0.4, 0.5) is 14.5 Å². The first kappa shape index (κ1) is 14.6. The van der Waals surface area contributed by atoms with Gasteiger partial charge in [-0.3, -0.25) is 10.1 Å². The number of hydrogen-bond donors (Lipinski definition) is 1. The van der Waals surface area contributed by atoms with Gasteiger partial charge in [-0.25, -0.2) is 4.39 Å². The van der Waals surface area contributed by atoms with Gasteiger partial charge < -0.3 is 10.1 Å². The molecule has 1 aromatic rings. The van der Waals surface area contributed by atoms with E-state index in [2.05, 4.69) is 5.32 Å². The molecule has 7 heteroatoms. The number of nitro groups is 1. The van der Waals surface area contributed by atoms with Crippen LogP contribution in [0.5, 0.6) is 5.75 Å². The lowest BCUT2D eigenvalue weighted by Gasteiger charge is -2.31. The lowest BCUT2D eigenvalue weighted by Crippen LogP contribution is -2.43. The molecule has 0 amide bonds. The summed E-state index contributed by atoms with van der Waals surface area (Å²) in [6.45, 7) is 0. The number of halogens is 2. The van der Waals surface area contributed by atoms with Crippen molar-refractivity contribution >= 4 is 5.69 Å². The maximum absolute atomic E-state index is 13.5. The quantitative estimate of drug-likeness (QED) is 0.683. The lowest BCUT2D eigenvalue weighted by molar-refractivity contribution is -0.388. The fourth-order valence-electron chi connectivity index (χ4n) is 2.54. The highest BCUT2D eigenvalue weighted by molar-refractivity contribution is 5.47. The molecular formula is C13H16F2N2O3. The van der Waals surface area contributed by atoms with Crippen molar-refractivity contribution in [2.45, 2.75) is 37.8 Å². The van der Waals surface area contributed by atoms with Crippen LogP contribution in [-0.2, 0) is 0 Å². The van der Waals surface area contributed by atoms with Crippen LogP contribution in [0, 0.1) is 21.7 Å². The van der Waals surface area contributed by atoms with Crippen molar-refractivity contribution in [3.8, 4) is 5.75 Å². The van der Waals surface area contributed by atoms with Crippen LogP contribution in [0.3, 0.4) is 0 Å². The number of benzene rings is 1. The van der Waals surface area contributed by atoms with Crippen LogP contribution in [-0.4, -0.2) is 24.1 Å². The Kier molecular flexibility index (Phi) is 4.49. The zero-order chi connectivity index (χ0) is 14.7. The Morgan fingerprint density at radius 1 is 1.35 bits per heavy atom. The van der Waals surface area contributed by atoms with E-state index in [1.54, 1.807) is 7.05 Å². The first-order valence-corrected chi connectivity index (χ1v) is 6.50. The molecule has 0 radical (unpaired) electrons. The summed E-state index contributed by atoms with van der Waals surface area (Å²) in [4.78, 5) is 10.0. The molecule has 1 aliphatic carbocycles. The van der Waals surface area contributed by atoms with Crippen LogP contribution < -0.4 is 10.1 Å². The fraction of sp³-hybridized carbons (Fsp3) is 0.538. The zero-order valence-electron chi connectivity index (χ0n) is 11.1. The minimum atomic E-state index is -1.22. The minimum absolute atomic E-state index is 0.0229. The molecule has 5 nitrogen and oxygen atoms in total. The highest BCUT2D eigenvalue weighted by Crippen LogP contribution is 2.34. The van der Waals surface area contributed by atoms with Gasteiger partial charge in [0.15, 0.2) is 0 Å². The highest BCUT2D eigenvalue weighted by Gasteiger charge is 2.30. The summed E-state index contributed by atoms with van der Waals surface area (Å²) >= 11 is 0. The molecule has 0 saturated heterocycles. The molecule has 20 heavy (non-hydrogen) atoms. The van der Waals surface area contributed by atoms with Crippen molar-refractivity contribution in [1.82, 2.24) is 5.32 Å².